The molecular weight excluding hydrogens is 234 g/mol. The molecular formula is C13H21NO4. The molecule has 0 spiro atoms. The molecule has 0 aromatic carbocycles. The number of carbonyl (C=O) groups excluding carboxylic acids is 2. The number of hydrogen-bond acceptors (Lipinski definition) is 5. The van der Waals surface area contributed by atoms with Gasteiger partial charge in [0.05, 0.1) is 12.5 Å². The summed E-state index contributed by atoms with van der Waals surface area (Å²) in [5.41, 5.74) is -1.10. The first-order valence-corrected chi connectivity index (χ1v) is 6.12. The van der Waals surface area contributed by atoms with Gasteiger partial charge < -0.3 is 9.47 Å². The predicted molar refractivity (Wildman–Crippen MR) is 65.4 cm³/mol. The van der Waals surface area contributed by atoms with Crippen molar-refractivity contribution >= 4 is 11.9 Å². The number of nitrogens with zero attached hydrogens (tertiary/aromatic N) is 1. The molecule has 0 rings (SSSR count). The largest absolute Gasteiger partial charge is 0.466 e. The molecule has 0 saturated carbocycles. The molecule has 0 heterocycles. The summed E-state index contributed by atoms with van der Waals surface area (Å²) in [6.45, 7) is 6.92. The number of carbonyl (C=O) groups is 2. The highest BCUT2D eigenvalue weighted by molar-refractivity contribution is 5.73. The maximum atomic E-state index is 11.6. The van der Waals surface area contributed by atoms with E-state index in [2.05, 4.69) is 0 Å². The maximum absolute atomic E-state index is 11.6. The van der Waals surface area contributed by atoms with E-state index in [9.17, 15) is 9.59 Å². The fourth-order valence-electron chi connectivity index (χ4n) is 1.28. The van der Waals surface area contributed by atoms with Crippen LogP contribution in [0.3, 0.4) is 0 Å². The third-order valence-corrected chi connectivity index (χ3v) is 2.35. The van der Waals surface area contributed by atoms with Gasteiger partial charge in [-0.3, -0.25) is 9.59 Å². The summed E-state index contributed by atoms with van der Waals surface area (Å²) < 4.78 is 9.82. The van der Waals surface area contributed by atoms with Crippen molar-refractivity contribution < 1.29 is 19.1 Å². The van der Waals surface area contributed by atoms with Crippen LogP contribution in [0.1, 0.15) is 47.0 Å². The van der Waals surface area contributed by atoms with Gasteiger partial charge in [-0.1, -0.05) is 6.92 Å². The van der Waals surface area contributed by atoms with E-state index in [1.54, 1.807) is 13.8 Å². The van der Waals surface area contributed by atoms with E-state index in [1.165, 1.54) is 13.8 Å². The van der Waals surface area contributed by atoms with Crippen LogP contribution in [-0.2, 0) is 19.1 Å². The minimum absolute atomic E-state index is 0.254. The van der Waals surface area contributed by atoms with Gasteiger partial charge in [-0.15, -0.1) is 0 Å². The first kappa shape index (κ1) is 16.4. The van der Waals surface area contributed by atoms with Gasteiger partial charge in [0.15, 0.2) is 5.60 Å². The van der Waals surface area contributed by atoms with Crippen molar-refractivity contribution in [2.75, 3.05) is 6.61 Å². The molecule has 1 atom stereocenters. The van der Waals surface area contributed by atoms with Gasteiger partial charge in [-0.05, 0) is 33.6 Å². The summed E-state index contributed by atoms with van der Waals surface area (Å²) in [4.78, 5) is 22.7. The average Bonchev–Trinajstić information content (AvgIpc) is 2.28. The number of rotatable bonds is 7. The quantitative estimate of drug-likeness (QED) is 0.652. The van der Waals surface area contributed by atoms with Gasteiger partial charge in [0.1, 0.15) is 6.07 Å². The lowest BCUT2D eigenvalue weighted by Gasteiger charge is -2.19. The minimum atomic E-state index is -1.10. The third-order valence-electron chi connectivity index (χ3n) is 2.35. The summed E-state index contributed by atoms with van der Waals surface area (Å²) in [7, 11) is 0. The number of ether oxygens (including phenoxy) is 2. The van der Waals surface area contributed by atoms with Crippen LogP contribution in [0.25, 0.3) is 0 Å². The lowest BCUT2D eigenvalue weighted by Crippen LogP contribution is -2.29. The summed E-state index contributed by atoms with van der Waals surface area (Å²) in [6, 6.07) is 1.90. The molecule has 1 unspecified atom stereocenters. The Labute approximate surface area is 108 Å². The molecule has 0 bridgehead atoms. The number of esters is 2. The Bertz CT molecular complexity index is 330. The van der Waals surface area contributed by atoms with Crippen LogP contribution < -0.4 is 0 Å². The van der Waals surface area contributed by atoms with E-state index in [-0.39, 0.29) is 11.9 Å². The SMILES string of the molecule is CCOC(=O)CCCC(C)C(=O)OC(C)(C)C#N. The molecule has 0 aliphatic rings. The van der Waals surface area contributed by atoms with Gasteiger partial charge in [0.25, 0.3) is 0 Å². The zero-order chi connectivity index (χ0) is 14.2. The summed E-state index contributed by atoms with van der Waals surface area (Å²) >= 11 is 0. The molecule has 0 aliphatic carbocycles. The van der Waals surface area contributed by atoms with E-state index in [0.29, 0.717) is 25.9 Å². The van der Waals surface area contributed by atoms with Crippen LogP contribution >= 0.6 is 0 Å². The molecule has 5 nitrogen and oxygen atoms in total. The van der Waals surface area contributed by atoms with Crippen LogP contribution in [0.5, 0.6) is 0 Å². The first-order valence-electron chi connectivity index (χ1n) is 6.12. The molecule has 18 heavy (non-hydrogen) atoms. The average molecular weight is 255 g/mol. The van der Waals surface area contributed by atoms with E-state index in [4.69, 9.17) is 14.7 Å². The van der Waals surface area contributed by atoms with Crippen LogP contribution in [0, 0.1) is 17.2 Å². The van der Waals surface area contributed by atoms with E-state index < -0.39 is 11.6 Å². The minimum Gasteiger partial charge on any atom is -0.466 e. The van der Waals surface area contributed by atoms with Gasteiger partial charge in [0, 0.05) is 6.42 Å². The van der Waals surface area contributed by atoms with Crippen molar-refractivity contribution in [3.05, 3.63) is 0 Å². The second-order valence-electron chi connectivity index (χ2n) is 4.64. The van der Waals surface area contributed by atoms with Crippen molar-refractivity contribution in [1.29, 1.82) is 5.26 Å². The second kappa shape index (κ2) is 7.70. The highest BCUT2D eigenvalue weighted by Crippen LogP contribution is 2.15. The summed E-state index contributed by atoms with van der Waals surface area (Å²) in [5.74, 6) is -0.993. The first-order chi connectivity index (χ1) is 8.32. The fraction of sp³-hybridized carbons (Fsp3) is 0.769. The van der Waals surface area contributed by atoms with Gasteiger partial charge in [0.2, 0.25) is 0 Å². The lowest BCUT2D eigenvalue weighted by molar-refractivity contribution is -0.157. The Morgan fingerprint density at radius 2 is 2.00 bits per heavy atom. The normalized spacial score (nSPS) is 12.4. The Kier molecular flexibility index (Phi) is 7.03. The summed E-state index contributed by atoms with van der Waals surface area (Å²) in [5, 5.41) is 8.74. The van der Waals surface area contributed by atoms with Crippen molar-refractivity contribution in [1.82, 2.24) is 0 Å². The number of hydrogen-bond donors (Lipinski definition) is 0. The molecule has 0 aliphatic heterocycles. The van der Waals surface area contributed by atoms with Crippen LogP contribution in [-0.4, -0.2) is 24.1 Å². The molecule has 0 N–H and O–H groups in total. The Morgan fingerprint density at radius 1 is 1.39 bits per heavy atom. The molecule has 0 saturated heterocycles. The molecule has 102 valence electrons. The van der Waals surface area contributed by atoms with Gasteiger partial charge in [-0.2, -0.15) is 5.26 Å². The Balaban J connectivity index is 3.96. The van der Waals surface area contributed by atoms with Gasteiger partial charge in [-0.25, -0.2) is 0 Å². The Morgan fingerprint density at radius 3 is 2.50 bits per heavy atom. The molecule has 0 fully saturated rings. The zero-order valence-corrected chi connectivity index (χ0v) is 11.5. The molecule has 0 radical (unpaired) electrons. The van der Waals surface area contributed by atoms with Crippen molar-refractivity contribution in [3.63, 3.8) is 0 Å². The standard InChI is InChI=1S/C13H21NO4/c1-5-17-11(15)8-6-7-10(2)12(16)18-13(3,4)9-14/h10H,5-8H2,1-4H3. The van der Waals surface area contributed by atoms with Crippen LogP contribution in [0.15, 0.2) is 0 Å². The van der Waals surface area contributed by atoms with Gasteiger partial charge >= 0.3 is 11.9 Å². The molecule has 0 amide bonds. The van der Waals surface area contributed by atoms with Crippen LogP contribution in [0.2, 0.25) is 0 Å². The van der Waals surface area contributed by atoms with E-state index in [0.717, 1.165) is 0 Å². The predicted octanol–water partition coefficient (Wildman–Crippen LogP) is 2.20. The summed E-state index contributed by atoms with van der Waals surface area (Å²) in [6.07, 6.45) is 1.41. The third kappa shape index (κ3) is 6.89. The highest BCUT2D eigenvalue weighted by Gasteiger charge is 2.25. The Hall–Kier alpha value is -1.57. The fourth-order valence-corrected chi connectivity index (χ4v) is 1.28. The van der Waals surface area contributed by atoms with Crippen molar-refractivity contribution in [3.8, 4) is 6.07 Å². The van der Waals surface area contributed by atoms with E-state index >= 15 is 0 Å². The maximum Gasteiger partial charge on any atom is 0.310 e. The zero-order valence-electron chi connectivity index (χ0n) is 11.5. The van der Waals surface area contributed by atoms with Crippen molar-refractivity contribution in [2.24, 2.45) is 5.92 Å². The monoisotopic (exact) mass is 255 g/mol. The second-order valence-corrected chi connectivity index (χ2v) is 4.64. The molecule has 5 heteroatoms. The smallest absolute Gasteiger partial charge is 0.310 e. The van der Waals surface area contributed by atoms with Crippen molar-refractivity contribution in [2.45, 2.75) is 52.6 Å². The lowest BCUT2D eigenvalue weighted by atomic mass is 10.0. The molecule has 0 aromatic heterocycles. The molecule has 0 aromatic rings. The topological polar surface area (TPSA) is 76.4 Å². The highest BCUT2D eigenvalue weighted by atomic mass is 16.6. The number of nitriles is 1. The van der Waals surface area contributed by atoms with E-state index in [1.807, 2.05) is 6.07 Å². The van der Waals surface area contributed by atoms with Crippen LogP contribution in [0.4, 0.5) is 0 Å².